The Kier molecular flexibility index (Phi) is 8.11. The van der Waals surface area contributed by atoms with Gasteiger partial charge in [0.15, 0.2) is 5.00 Å². The largest absolute Gasteiger partial charge is 0.342 e. The molecular formula is C32H37Cl3N6. The lowest BCUT2D eigenvalue weighted by Gasteiger charge is -2.54. The average molecular weight is 612 g/mol. The summed E-state index contributed by atoms with van der Waals surface area (Å²) >= 11 is 20.8. The first-order valence-corrected chi connectivity index (χ1v) is 15.5. The Morgan fingerprint density at radius 3 is 1.80 bits per heavy atom. The molecule has 9 heteroatoms. The first-order chi connectivity index (χ1) is 19.8. The normalized spacial score (nSPS) is 24.9. The van der Waals surface area contributed by atoms with E-state index in [1.54, 1.807) is 0 Å². The number of piperazine rings is 2. The number of benzene rings is 3. The molecule has 2 fully saturated rings. The lowest BCUT2D eigenvalue weighted by molar-refractivity contribution is 0.0456. The van der Waals surface area contributed by atoms with Gasteiger partial charge in [-0.05, 0) is 55.3 Å². The second-order valence-corrected chi connectivity index (χ2v) is 12.8. The summed E-state index contributed by atoms with van der Waals surface area (Å²) in [6, 6.07) is 24.6. The Morgan fingerprint density at radius 2 is 1.22 bits per heavy atom. The maximum atomic E-state index is 8.10. The Bertz CT molecular complexity index is 1400. The number of aliphatic imine (C=N–C) groups is 1. The quantitative estimate of drug-likeness (QED) is 0.241. The van der Waals surface area contributed by atoms with Gasteiger partial charge in [0.2, 0.25) is 0 Å². The SMILES string of the molecule is CC(C1=NC(Cl)(C(C)(c2ccc(Cl)cc2)N2CCNCC2)c2ccccc2N1)(c1ccc(Cl)cc1)N1CCNCC1. The van der Waals surface area contributed by atoms with E-state index in [0.717, 1.165) is 80.6 Å². The van der Waals surface area contributed by atoms with Crippen LogP contribution >= 0.6 is 34.8 Å². The Labute approximate surface area is 258 Å². The fraction of sp³-hybridized carbons (Fsp3) is 0.406. The highest BCUT2D eigenvalue weighted by Gasteiger charge is 2.57. The van der Waals surface area contributed by atoms with Gasteiger partial charge in [-0.15, -0.1) is 0 Å². The molecule has 6 rings (SSSR count). The van der Waals surface area contributed by atoms with E-state index < -0.39 is 16.1 Å². The third kappa shape index (κ3) is 4.98. The van der Waals surface area contributed by atoms with Crippen molar-refractivity contribution >= 4 is 46.3 Å². The first-order valence-electron chi connectivity index (χ1n) is 14.4. The molecule has 0 spiro atoms. The second kappa shape index (κ2) is 11.5. The van der Waals surface area contributed by atoms with Crippen molar-refractivity contribution in [1.29, 1.82) is 0 Å². The van der Waals surface area contributed by atoms with Gasteiger partial charge < -0.3 is 16.0 Å². The summed E-state index contributed by atoms with van der Waals surface area (Å²) in [4.78, 5) is 9.46. The molecule has 0 aliphatic carbocycles. The van der Waals surface area contributed by atoms with E-state index in [0.29, 0.717) is 10.0 Å². The van der Waals surface area contributed by atoms with Crippen molar-refractivity contribution in [2.75, 3.05) is 57.7 Å². The van der Waals surface area contributed by atoms with Gasteiger partial charge in [-0.2, -0.15) is 0 Å². The molecule has 3 N–H and O–H groups in total. The molecule has 0 saturated carbocycles. The molecule has 0 aromatic heterocycles. The third-order valence-electron chi connectivity index (χ3n) is 9.22. The van der Waals surface area contributed by atoms with E-state index in [1.807, 2.05) is 30.3 Å². The van der Waals surface area contributed by atoms with Crippen LogP contribution in [-0.2, 0) is 16.1 Å². The van der Waals surface area contributed by atoms with Crippen LogP contribution in [0.15, 0.2) is 77.8 Å². The maximum absolute atomic E-state index is 8.10. The van der Waals surface area contributed by atoms with Crippen molar-refractivity contribution in [2.24, 2.45) is 4.99 Å². The third-order valence-corrected chi connectivity index (χ3v) is 10.4. The highest BCUT2D eigenvalue weighted by atomic mass is 35.5. The van der Waals surface area contributed by atoms with Crippen LogP contribution in [0.2, 0.25) is 10.0 Å². The molecule has 3 aromatic rings. The zero-order valence-corrected chi connectivity index (χ0v) is 25.8. The Balaban J connectivity index is 1.60. The van der Waals surface area contributed by atoms with Crippen LogP contribution in [0.3, 0.4) is 0 Å². The minimum absolute atomic E-state index is 0.579. The highest BCUT2D eigenvalue weighted by Crippen LogP contribution is 2.55. The van der Waals surface area contributed by atoms with E-state index in [1.165, 1.54) is 0 Å². The topological polar surface area (TPSA) is 54.9 Å². The lowest BCUT2D eigenvalue weighted by atomic mass is 9.76. The van der Waals surface area contributed by atoms with E-state index in [9.17, 15) is 0 Å². The summed E-state index contributed by atoms with van der Waals surface area (Å²) in [6.45, 7) is 11.5. The fourth-order valence-corrected chi connectivity index (χ4v) is 7.41. The van der Waals surface area contributed by atoms with Gasteiger partial charge in [-0.3, -0.25) is 9.80 Å². The number of alkyl halides is 1. The second-order valence-electron chi connectivity index (χ2n) is 11.4. The van der Waals surface area contributed by atoms with Crippen LogP contribution in [0.1, 0.15) is 30.5 Å². The van der Waals surface area contributed by atoms with Gasteiger partial charge in [-0.25, -0.2) is 4.99 Å². The van der Waals surface area contributed by atoms with Crippen LogP contribution in [0.5, 0.6) is 0 Å². The lowest BCUT2D eigenvalue weighted by Crippen LogP contribution is -2.63. The van der Waals surface area contributed by atoms with Gasteiger partial charge in [-0.1, -0.05) is 77.3 Å². The molecule has 216 valence electrons. The summed E-state index contributed by atoms with van der Waals surface area (Å²) in [5.74, 6) is 0.825. The van der Waals surface area contributed by atoms with Crippen molar-refractivity contribution in [1.82, 2.24) is 20.4 Å². The Morgan fingerprint density at radius 1 is 0.707 bits per heavy atom. The number of nitrogens with zero attached hydrogens (tertiary/aromatic N) is 3. The molecule has 3 aliphatic heterocycles. The van der Waals surface area contributed by atoms with Crippen LogP contribution in [-0.4, -0.2) is 68.0 Å². The molecule has 41 heavy (non-hydrogen) atoms. The first kappa shape index (κ1) is 28.9. The minimum Gasteiger partial charge on any atom is -0.342 e. The van der Waals surface area contributed by atoms with Crippen molar-refractivity contribution in [3.8, 4) is 0 Å². The van der Waals surface area contributed by atoms with Gasteiger partial charge in [0, 0.05) is 73.7 Å². The van der Waals surface area contributed by atoms with Gasteiger partial charge in [0.05, 0.1) is 5.54 Å². The number of hydrogen-bond acceptors (Lipinski definition) is 6. The summed E-state index contributed by atoms with van der Waals surface area (Å²) in [5.41, 5.74) is 2.86. The van der Waals surface area contributed by atoms with E-state index in [-0.39, 0.29) is 0 Å². The molecule has 3 aromatic carbocycles. The molecular weight excluding hydrogens is 575 g/mol. The number of nitrogens with one attached hydrogen (secondary N) is 3. The fourth-order valence-electron chi connectivity index (χ4n) is 6.68. The van der Waals surface area contributed by atoms with Crippen LogP contribution in [0.25, 0.3) is 0 Å². The molecule has 3 heterocycles. The molecule has 6 nitrogen and oxygen atoms in total. The number of rotatable bonds is 6. The van der Waals surface area contributed by atoms with Crippen molar-refractivity contribution in [3.63, 3.8) is 0 Å². The van der Waals surface area contributed by atoms with Crippen LogP contribution < -0.4 is 16.0 Å². The van der Waals surface area contributed by atoms with Gasteiger partial charge >= 0.3 is 0 Å². The molecule has 0 bridgehead atoms. The number of hydrogen-bond donors (Lipinski definition) is 3. The minimum atomic E-state index is -1.14. The maximum Gasteiger partial charge on any atom is 0.185 e. The molecule has 0 radical (unpaired) electrons. The van der Waals surface area contributed by atoms with E-state index in [4.69, 9.17) is 39.8 Å². The number of fused-ring (bicyclic) bond motifs is 1. The molecule has 2 saturated heterocycles. The van der Waals surface area contributed by atoms with Gasteiger partial charge in [0.25, 0.3) is 0 Å². The summed E-state index contributed by atoms with van der Waals surface area (Å²) < 4.78 is 0. The number of para-hydroxylation sites is 1. The molecule has 0 amide bonds. The van der Waals surface area contributed by atoms with Gasteiger partial charge in [0.1, 0.15) is 11.4 Å². The summed E-state index contributed by atoms with van der Waals surface area (Å²) in [7, 11) is 0. The zero-order chi connectivity index (χ0) is 28.7. The average Bonchev–Trinajstić information content (AvgIpc) is 3.02. The standard InChI is InChI=1S/C32H37Cl3N6/c1-30(40-19-15-36-16-20-40,23-7-11-25(33)12-8-23)29-38-28-6-4-3-5-27(28)32(35,39-29)31(2,41-21-17-37-18-22-41)24-9-13-26(34)14-10-24/h3-14,36-37H,15-22H2,1-2H3,(H,38,39). The smallest absolute Gasteiger partial charge is 0.185 e. The highest BCUT2D eigenvalue weighted by molar-refractivity contribution is 6.31. The summed E-state index contributed by atoms with van der Waals surface area (Å²) in [6.07, 6.45) is 0. The number of anilines is 1. The van der Waals surface area contributed by atoms with Crippen molar-refractivity contribution in [3.05, 3.63) is 99.5 Å². The van der Waals surface area contributed by atoms with E-state index in [2.05, 4.69) is 82.1 Å². The predicted octanol–water partition coefficient (Wildman–Crippen LogP) is 5.85. The number of halogens is 3. The van der Waals surface area contributed by atoms with Crippen LogP contribution in [0, 0.1) is 0 Å². The zero-order valence-electron chi connectivity index (χ0n) is 23.6. The predicted molar refractivity (Wildman–Crippen MR) is 172 cm³/mol. The Hall–Kier alpha value is -2.16. The molecule has 3 unspecified atom stereocenters. The molecule has 3 atom stereocenters. The monoisotopic (exact) mass is 610 g/mol. The number of amidine groups is 1. The van der Waals surface area contributed by atoms with E-state index >= 15 is 0 Å². The summed E-state index contributed by atoms with van der Waals surface area (Å²) in [5, 5.41) is 12.2. The van der Waals surface area contributed by atoms with Crippen molar-refractivity contribution < 1.29 is 0 Å². The van der Waals surface area contributed by atoms with Crippen LogP contribution in [0.4, 0.5) is 5.69 Å². The molecule has 3 aliphatic rings. The van der Waals surface area contributed by atoms with Crippen molar-refractivity contribution in [2.45, 2.75) is 29.9 Å².